The smallest absolute Gasteiger partial charge is 0.508 e. The van der Waals surface area contributed by atoms with E-state index in [2.05, 4.69) is 0 Å². The van der Waals surface area contributed by atoms with Gasteiger partial charge in [0, 0.05) is 0 Å². The Morgan fingerprint density at radius 1 is 1.00 bits per heavy atom. The van der Waals surface area contributed by atoms with Crippen molar-refractivity contribution >= 4 is 0 Å². The fourth-order valence-electron chi connectivity index (χ4n) is 1.51. The number of rotatable bonds is 0. The topological polar surface area (TPSA) is 40.5 Å². The Hall–Kier alpha value is -1.02. The summed E-state index contributed by atoms with van der Waals surface area (Å²) in [6, 6.07) is 8.71. The number of aliphatic hydroxyl groups is 1. The zero-order valence-electron chi connectivity index (χ0n) is 9.39. The van der Waals surface area contributed by atoms with Gasteiger partial charge in [0.15, 0.2) is 0 Å². The molecule has 78 valence electrons. The van der Waals surface area contributed by atoms with Crippen LogP contribution < -0.4 is 0 Å². The molecule has 1 aromatic carbocycles. The molecule has 2 heteroatoms. The van der Waals surface area contributed by atoms with Crippen LogP contribution in [0, 0.1) is 0 Å². The van der Waals surface area contributed by atoms with Crippen molar-refractivity contribution in [2.24, 2.45) is 0 Å². The molecule has 0 radical (unpaired) electrons. The van der Waals surface area contributed by atoms with E-state index < -0.39 is 0 Å². The zero-order chi connectivity index (χ0) is 10.2. The minimum Gasteiger partial charge on any atom is -0.508 e. The molecule has 0 unspecified atom stereocenters. The fraction of sp³-hybridized carbons (Fsp3) is 0.500. The Balaban J connectivity index is 0.000000245. The number of hydrogen-bond donors (Lipinski definition) is 2. The van der Waals surface area contributed by atoms with E-state index >= 15 is 0 Å². The number of aromatic hydroxyl groups is 1. The van der Waals surface area contributed by atoms with E-state index in [9.17, 15) is 0 Å². The van der Waals surface area contributed by atoms with Crippen molar-refractivity contribution < 1.29 is 11.6 Å². The van der Waals surface area contributed by atoms with Gasteiger partial charge in [-0.05, 0) is 25.0 Å². The summed E-state index contributed by atoms with van der Waals surface area (Å²) in [6.07, 6.45) is 5.92. The standard InChI is InChI=1S/C6H12O.C6H6O/c2*7-6-4-2-1-3-5-6/h6-7H,1-5H2;1-5,7H/p+1. The van der Waals surface area contributed by atoms with E-state index in [-0.39, 0.29) is 7.53 Å². The maximum Gasteiger partial charge on any atom is 1.00 e. The Labute approximate surface area is 86.7 Å². The third-order valence-corrected chi connectivity index (χ3v) is 2.33. The van der Waals surface area contributed by atoms with Gasteiger partial charge in [0.05, 0.1) is 6.10 Å². The van der Waals surface area contributed by atoms with Crippen molar-refractivity contribution in [1.82, 2.24) is 0 Å². The van der Waals surface area contributed by atoms with Crippen LogP contribution in [0.1, 0.15) is 33.5 Å². The number of aliphatic hydroxyl groups excluding tert-OH is 1. The van der Waals surface area contributed by atoms with Gasteiger partial charge in [-0.25, -0.2) is 0 Å². The molecule has 1 fully saturated rings. The second-order valence-electron chi connectivity index (χ2n) is 3.63. The molecule has 1 saturated carbocycles. The van der Waals surface area contributed by atoms with Crippen molar-refractivity contribution in [3.8, 4) is 5.75 Å². The minimum atomic E-state index is 0. The van der Waals surface area contributed by atoms with Crippen LogP contribution in [0.15, 0.2) is 30.3 Å². The number of para-hydroxylation sites is 1. The highest BCUT2D eigenvalue weighted by Crippen LogP contribution is 2.16. The van der Waals surface area contributed by atoms with Gasteiger partial charge in [0.1, 0.15) is 5.75 Å². The summed E-state index contributed by atoms with van der Waals surface area (Å²) in [5, 5.41) is 17.5. The van der Waals surface area contributed by atoms with Crippen LogP contribution in [0.25, 0.3) is 0 Å². The molecule has 0 bridgehead atoms. The monoisotopic (exact) mass is 195 g/mol. The second kappa shape index (κ2) is 6.44. The summed E-state index contributed by atoms with van der Waals surface area (Å²) < 4.78 is 0. The first-order valence-corrected chi connectivity index (χ1v) is 5.21. The van der Waals surface area contributed by atoms with Crippen LogP contribution in [0.4, 0.5) is 0 Å². The van der Waals surface area contributed by atoms with E-state index in [1.807, 2.05) is 6.07 Å². The molecular formula is C12H19O2+. The molecule has 0 spiro atoms. The van der Waals surface area contributed by atoms with Crippen LogP contribution in [0.5, 0.6) is 5.75 Å². The van der Waals surface area contributed by atoms with Crippen LogP contribution in [0.2, 0.25) is 0 Å². The molecule has 0 heterocycles. The van der Waals surface area contributed by atoms with Gasteiger partial charge in [-0.1, -0.05) is 37.5 Å². The van der Waals surface area contributed by atoms with Crippen LogP contribution >= 0.6 is 0 Å². The summed E-state index contributed by atoms with van der Waals surface area (Å²) in [7, 11) is 0. The molecule has 1 aliphatic rings. The molecule has 0 amide bonds. The number of phenolic OH excluding ortho intramolecular Hbond substituents is 1. The first-order valence-electron chi connectivity index (χ1n) is 5.21. The summed E-state index contributed by atoms with van der Waals surface area (Å²) in [5.41, 5.74) is 0. The third-order valence-electron chi connectivity index (χ3n) is 2.33. The zero-order valence-corrected chi connectivity index (χ0v) is 8.39. The van der Waals surface area contributed by atoms with Gasteiger partial charge < -0.3 is 10.2 Å². The molecule has 0 saturated heterocycles. The normalized spacial score (nSPS) is 16.9. The summed E-state index contributed by atoms with van der Waals surface area (Å²) in [5.74, 6) is 0.322. The van der Waals surface area contributed by atoms with E-state index in [1.165, 1.54) is 19.3 Å². The Bertz CT molecular complexity index is 233. The SMILES string of the molecule is OC1CCCCC1.Oc1ccccc1.[H+]. The molecule has 2 rings (SSSR count). The lowest BCUT2D eigenvalue weighted by molar-refractivity contribution is 0.130. The van der Waals surface area contributed by atoms with Gasteiger partial charge in [-0.15, -0.1) is 0 Å². The first-order chi connectivity index (χ1) is 6.79. The lowest BCUT2D eigenvalue weighted by Gasteiger charge is -2.14. The van der Waals surface area contributed by atoms with E-state index in [4.69, 9.17) is 10.2 Å². The van der Waals surface area contributed by atoms with Gasteiger partial charge >= 0.3 is 1.43 Å². The second-order valence-corrected chi connectivity index (χ2v) is 3.63. The number of phenols is 1. The lowest BCUT2D eigenvalue weighted by Crippen LogP contribution is -2.09. The van der Waals surface area contributed by atoms with E-state index in [1.54, 1.807) is 24.3 Å². The molecule has 1 aliphatic carbocycles. The predicted octanol–water partition coefficient (Wildman–Crippen LogP) is 2.82. The van der Waals surface area contributed by atoms with Crippen molar-refractivity contribution in [1.29, 1.82) is 0 Å². The predicted molar refractivity (Wildman–Crippen MR) is 58.3 cm³/mol. The van der Waals surface area contributed by atoms with Crippen LogP contribution in [0.3, 0.4) is 0 Å². The fourth-order valence-corrected chi connectivity index (χ4v) is 1.51. The molecule has 0 atom stereocenters. The van der Waals surface area contributed by atoms with Crippen LogP contribution in [-0.4, -0.2) is 16.3 Å². The number of hydrogen-bond acceptors (Lipinski definition) is 2. The van der Waals surface area contributed by atoms with Crippen molar-refractivity contribution in [2.45, 2.75) is 38.2 Å². The van der Waals surface area contributed by atoms with Gasteiger partial charge in [-0.3, -0.25) is 0 Å². The quantitative estimate of drug-likeness (QED) is 0.668. The number of benzene rings is 1. The average Bonchev–Trinajstić information content (AvgIpc) is 2.21. The van der Waals surface area contributed by atoms with Crippen molar-refractivity contribution in [3.05, 3.63) is 30.3 Å². The highest BCUT2D eigenvalue weighted by molar-refractivity contribution is 5.18. The Morgan fingerprint density at radius 2 is 1.57 bits per heavy atom. The minimum absolute atomic E-state index is 0. The van der Waals surface area contributed by atoms with Gasteiger partial charge in [0.2, 0.25) is 0 Å². The summed E-state index contributed by atoms with van der Waals surface area (Å²) in [6.45, 7) is 0. The Kier molecular flexibility index (Phi) is 5.08. The third kappa shape index (κ3) is 4.87. The molecular weight excluding hydrogens is 176 g/mol. The highest BCUT2D eigenvalue weighted by Gasteiger charge is 2.07. The molecule has 2 N–H and O–H groups in total. The van der Waals surface area contributed by atoms with Crippen molar-refractivity contribution in [3.63, 3.8) is 0 Å². The van der Waals surface area contributed by atoms with E-state index in [0.717, 1.165) is 12.8 Å². The van der Waals surface area contributed by atoms with Crippen molar-refractivity contribution in [2.75, 3.05) is 0 Å². The van der Waals surface area contributed by atoms with E-state index in [0.29, 0.717) is 5.75 Å². The Morgan fingerprint density at radius 3 is 1.86 bits per heavy atom. The largest absolute Gasteiger partial charge is 1.00 e. The molecule has 14 heavy (non-hydrogen) atoms. The van der Waals surface area contributed by atoms with Crippen LogP contribution in [-0.2, 0) is 0 Å². The lowest BCUT2D eigenvalue weighted by atomic mass is 9.98. The van der Waals surface area contributed by atoms with Gasteiger partial charge in [0.25, 0.3) is 0 Å². The average molecular weight is 195 g/mol. The molecule has 2 nitrogen and oxygen atoms in total. The summed E-state index contributed by atoms with van der Waals surface area (Å²) >= 11 is 0. The molecule has 0 aliphatic heterocycles. The maximum absolute atomic E-state index is 8.91. The maximum atomic E-state index is 8.91. The first kappa shape index (κ1) is 11.1. The molecule has 1 aromatic rings. The molecule has 0 aromatic heterocycles. The summed E-state index contributed by atoms with van der Waals surface area (Å²) in [4.78, 5) is 0. The highest BCUT2D eigenvalue weighted by atomic mass is 16.3. The van der Waals surface area contributed by atoms with Gasteiger partial charge in [-0.2, -0.15) is 0 Å².